The molecule has 96 valence electrons. The van der Waals surface area contributed by atoms with E-state index in [2.05, 4.69) is 36.1 Å². The highest BCUT2D eigenvalue weighted by molar-refractivity contribution is 6.66. The van der Waals surface area contributed by atoms with Crippen LogP contribution in [0.2, 0.25) is 6.55 Å². The molecule has 0 aliphatic rings. The molecule has 0 aromatic heterocycles. The molecule has 17 heavy (non-hydrogen) atoms. The third-order valence-electron chi connectivity index (χ3n) is 2.52. The third kappa shape index (κ3) is 5.45. The first-order valence-corrected chi connectivity index (χ1v) is 8.75. The molecule has 0 spiro atoms. The van der Waals surface area contributed by atoms with Gasteiger partial charge in [0.2, 0.25) is 0 Å². The molecule has 1 aromatic rings. The van der Waals surface area contributed by atoms with Gasteiger partial charge in [-0.15, -0.1) is 0 Å². The summed E-state index contributed by atoms with van der Waals surface area (Å²) in [5, 5.41) is 3.42. The molecule has 0 atom stereocenters. The SMILES string of the molecule is CCO[Si](C)(CNCc1ccccc1)OCC. The standard InChI is InChI=1S/C13H23NO2Si/c1-4-15-17(3,16-5-2)12-14-11-13-9-7-6-8-10-13/h6-10,14H,4-5,11-12H2,1-3H3. The van der Waals surface area contributed by atoms with Gasteiger partial charge < -0.3 is 14.2 Å². The lowest BCUT2D eigenvalue weighted by Gasteiger charge is -2.26. The van der Waals surface area contributed by atoms with Crippen LogP contribution in [0.3, 0.4) is 0 Å². The van der Waals surface area contributed by atoms with Crippen molar-refractivity contribution in [2.45, 2.75) is 26.9 Å². The summed E-state index contributed by atoms with van der Waals surface area (Å²) in [6.07, 6.45) is 0.823. The van der Waals surface area contributed by atoms with Crippen molar-refractivity contribution in [2.24, 2.45) is 0 Å². The van der Waals surface area contributed by atoms with Crippen molar-refractivity contribution in [1.82, 2.24) is 5.32 Å². The maximum absolute atomic E-state index is 5.76. The van der Waals surface area contributed by atoms with E-state index in [9.17, 15) is 0 Å². The van der Waals surface area contributed by atoms with Gasteiger partial charge in [0.15, 0.2) is 0 Å². The van der Waals surface area contributed by atoms with Crippen molar-refractivity contribution in [3.05, 3.63) is 35.9 Å². The predicted octanol–water partition coefficient (Wildman–Crippen LogP) is 2.46. The molecule has 0 saturated carbocycles. The molecule has 1 aromatic carbocycles. The average molecular weight is 253 g/mol. The first-order chi connectivity index (χ1) is 8.20. The molecule has 0 aliphatic heterocycles. The second kappa shape index (κ2) is 7.61. The number of nitrogens with one attached hydrogen (secondary N) is 1. The van der Waals surface area contributed by atoms with E-state index in [4.69, 9.17) is 8.85 Å². The van der Waals surface area contributed by atoms with Crippen LogP contribution in [-0.4, -0.2) is 27.9 Å². The van der Waals surface area contributed by atoms with Crippen molar-refractivity contribution in [1.29, 1.82) is 0 Å². The highest BCUT2D eigenvalue weighted by Crippen LogP contribution is 2.06. The Balaban J connectivity index is 2.37. The summed E-state index contributed by atoms with van der Waals surface area (Å²) in [7, 11) is -2.01. The summed E-state index contributed by atoms with van der Waals surface area (Å²) < 4.78 is 11.5. The van der Waals surface area contributed by atoms with Crippen molar-refractivity contribution >= 4 is 8.56 Å². The lowest BCUT2D eigenvalue weighted by Crippen LogP contribution is -2.48. The van der Waals surface area contributed by atoms with Gasteiger partial charge in [-0.3, -0.25) is 0 Å². The molecular weight excluding hydrogens is 230 g/mol. The quantitative estimate of drug-likeness (QED) is 0.722. The van der Waals surface area contributed by atoms with E-state index in [1.165, 1.54) is 5.56 Å². The van der Waals surface area contributed by atoms with Crippen molar-refractivity contribution in [3.8, 4) is 0 Å². The van der Waals surface area contributed by atoms with Crippen LogP contribution in [0.25, 0.3) is 0 Å². The van der Waals surface area contributed by atoms with Gasteiger partial charge >= 0.3 is 8.56 Å². The van der Waals surface area contributed by atoms with Crippen LogP contribution < -0.4 is 5.32 Å². The molecule has 1 rings (SSSR count). The zero-order chi connectivity index (χ0) is 12.6. The first kappa shape index (κ1) is 14.4. The van der Waals surface area contributed by atoms with Gasteiger partial charge in [-0.1, -0.05) is 30.3 Å². The van der Waals surface area contributed by atoms with Crippen LogP contribution in [-0.2, 0) is 15.4 Å². The minimum Gasteiger partial charge on any atom is -0.394 e. The molecule has 0 bridgehead atoms. The topological polar surface area (TPSA) is 30.5 Å². The van der Waals surface area contributed by atoms with E-state index < -0.39 is 8.56 Å². The maximum atomic E-state index is 5.76. The van der Waals surface area contributed by atoms with Crippen LogP contribution in [0.4, 0.5) is 0 Å². The average Bonchev–Trinajstić information content (AvgIpc) is 2.31. The Bertz CT molecular complexity index is 300. The van der Waals surface area contributed by atoms with E-state index in [-0.39, 0.29) is 0 Å². The van der Waals surface area contributed by atoms with Gasteiger partial charge in [-0.2, -0.15) is 0 Å². The summed E-state index contributed by atoms with van der Waals surface area (Å²) in [5.41, 5.74) is 1.29. The molecule has 0 heterocycles. The van der Waals surface area contributed by atoms with Crippen LogP contribution >= 0.6 is 0 Å². The fourth-order valence-corrected chi connectivity index (χ4v) is 3.87. The first-order valence-electron chi connectivity index (χ1n) is 6.22. The molecule has 0 fully saturated rings. The van der Waals surface area contributed by atoms with E-state index in [1.807, 2.05) is 19.9 Å². The van der Waals surface area contributed by atoms with Gasteiger partial charge in [0, 0.05) is 25.9 Å². The summed E-state index contributed by atoms with van der Waals surface area (Å²) >= 11 is 0. The molecule has 4 heteroatoms. The molecule has 0 saturated heterocycles. The summed E-state index contributed by atoms with van der Waals surface area (Å²) in [4.78, 5) is 0. The number of rotatable bonds is 8. The summed E-state index contributed by atoms with van der Waals surface area (Å²) in [6.45, 7) is 8.44. The van der Waals surface area contributed by atoms with E-state index >= 15 is 0 Å². The van der Waals surface area contributed by atoms with Crippen LogP contribution in [0.15, 0.2) is 30.3 Å². The Morgan fingerprint density at radius 1 is 1.06 bits per heavy atom. The van der Waals surface area contributed by atoms with Crippen molar-refractivity contribution in [2.75, 3.05) is 19.4 Å². The third-order valence-corrected chi connectivity index (χ3v) is 5.21. The number of hydrogen-bond acceptors (Lipinski definition) is 3. The fraction of sp³-hybridized carbons (Fsp3) is 0.538. The molecular formula is C13H23NO2Si. The van der Waals surface area contributed by atoms with E-state index in [1.54, 1.807) is 0 Å². The Kier molecular flexibility index (Phi) is 6.43. The predicted molar refractivity (Wildman–Crippen MR) is 73.0 cm³/mol. The van der Waals surface area contributed by atoms with Gasteiger partial charge in [-0.05, 0) is 26.0 Å². The highest BCUT2D eigenvalue weighted by atomic mass is 28.4. The molecule has 3 nitrogen and oxygen atoms in total. The second-order valence-electron chi connectivity index (χ2n) is 4.09. The minimum absolute atomic E-state index is 0.718. The van der Waals surface area contributed by atoms with E-state index in [0.717, 1.165) is 25.9 Å². The zero-order valence-electron chi connectivity index (χ0n) is 11.0. The zero-order valence-corrected chi connectivity index (χ0v) is 12.0. The van der Waals surface area contributed by atoms with Crippen molar-refractivity contribution < 1.29 is 8.85 Å². The minimum atomic E-state index is -2.01. The second-order valence-corrected chi connectivity index (χ2v) is 7.29. The van der Waals surface area contributed by atoms with Crippen LogP contribution in [0.5, 0.6) is 0 Å². The number of hydrogen-bond donors (Lipinski definition) is 1. The molecule has 0 radical (unpaired) electrons. The molecule has 1 N–H and O–H groups in total. The smallest absolute Gasteiger partial charge is 0.349 e. The van der Waals surface area contributed by atoms with Gasteiger partial charge in [0.1, 0.15) is 0 Å². The fourth-order valence-electron chi connectivity index (χ4n) is 1.78. The van der Waals surface area contributed by atoms with E-state index in [0.29, 0.717) is 0 Å². The Labute approximate surface area is 105 Å². The highest BCUT2D eigenvalue weighted by Gasteiger charge is 2.29. The summed E-state index contributed by atoms with van der Waals surface area (Å²) in [5.74, 6) is 0. The van der Waals surface area contributed by atoms with Gasteiger partial charge in [0.05, 0.1) is 0 Å². The van der Waals surface area contributed by atoms with Crippen LogP contribution in [0, 0.1) is 0 Å². The Hall–Kier alpha value is -0.683. The maximum Gasteiger partial charge on any atom is 0.349 e. The van der Waals surface area contributed by atoms with Gasteiger partial charge in [-0.25, -0.2) is 0 Å². The van der Waals surface area contributed by atoms with Gasteiger partial charge in [0.25, 0.3) is 0 Å². The lowest BCUT2D eigenvalue weighted by molar-refractivity contribution is 0.187. The molecule has 0 amide bonds. The molecule has 0 aliphatic carbocycles. The Morgan fingerprint density at radius 2 is 1.65 bits per heavy atom. The number of benzene rings is 1. The lowest BCUT2D eigenvalue weighted by atomic mass is 10.2. The summed E-state index contributed by atoms with van der Waals surface area (Å²) in [6, 6.07) is 10.4. The van der Waals surface area contributed by atoms with Crippen LogP contribution in [0.1, 0.15) is 19.4 Å². The normalized spacial score (nSPS) is 11.7. The Morgan fingerprint density at radius 3 is 2.18 bits per heavy atom. The molecule has 0 unspecified atom stereocenters. The monoisotopic (exact) mass is 253 g/mol. The van der Waals surface area contributed by atoms with Crippen molar-refractivity contribution in [3.63, 3.8) is 0 Å². The largest absolute Gasteiger partial charge is 0.394 e.